The third kappa shape index (κ3) is 2.22. The highest BCUT2D eigenvalue weighted by atomic mass is 35.5. The van der Waals surface area contributed by atoms with Gasteiger partial charge in [0, 0.05) is 16.1 Å². The van der Waals surface area contributed by atoms with Gasteiger partial charge < -0.3 is 5.73 Å². The molecule has 0 aliphatic carbocycles. The highest BCUT2D eigenvalue weighted by Crippen LogP contribution is 2.32. The zero-order valence-corrected chi connectivity index (χ0v) is 10.5. The lowest BCUT2D eigenvalue weighted by Gasteiger charge is -2.11. The molecule has 0 heterocycles. The molecule has 0 atom stereocenters. The van der Waals surface area contributed by atoms with E-state index in [4.69, 9.17) is 17.3 Å². The Labute approximate surface area is 109 Å². The number of benzene rings is 2. The van der Waals surface area contributed by atoms with Crippen molar-refractivity contribution in [2.24, 2.45) is 5.73 Å². The summed E-state index contributed by atoms with van der Waals surface area (Å²) in [4.78, 5) is 11.3. The largest absolute Gasteiger partial charge is 0.366 e. The van der Waals surface area contributed by atoms with Crippen molar-refractivity contribution in [3.8, 4) is 11.1 Å². The first-order valence-electron chi connectivity index (χ1n) is 5.35. The lowest BCUT2D eigenvalue weighted by Crippen LogP contribution is -2.13. The van der Waals surface area contributed by atoms with E-state index in [2.05, 4.69) is 0 Å². The van der Waals surface area contributed by atoms with Crippen LogP contribution in [0.25, 0.3) is 11.1 Å². The molecule has 0 saturated heterocycles. The summed E-state index contributed by atoms with van der Waals surface area (Å²) < 4.78 is 13.5. The van der Waals surface area contributed by atoms with Crippen LogP contribution in [0.4, 0.5) is 4.39 Å². The van der Waals surface area contributed by atoms with Crippen molar-refractivity contribution < 1.29 is 9.18 Å². The Bertz CT molecular complexity index is 625. The lowest BCUT2D eigenvalue weighted by molar-refractivity contribution is 0.0999. The molecular weight excluding hydrogens is 253 g/mol. The molecule has 0 spiro atoms. The van der Waals surface area contributed by atoms with Crippen LogP contribution in [0.1, 0.15) is 15.9 Å². The molecule has 2 nitrogen and oxygen atoms in total. The van der Waals surface area contributed by atoms with E-state index in [0.717, 1.165) is 6.07 Å². The zero-order chi connectivity index (χ0) is 13.3. The van der Waals surface area contributed by atoms with E-state index in [9.17, 15) is 9.18 Å². The molecule has 18 heavy (non-hydrogen) atoms. The lowest BCUT2D eigenvalue weighted by atomic mass is 9.96. The van der Waals surface area contributed by atoms with Crippen LogP contribution in [0.15, 0.2) is 36.4 Å². The molecule has 2 rings (SSSR count). The van der Waals surface area contributed by atoms with Crippen molar-refractivity contribution in [3.05, 3.63) is 58.4 Å². The second-order valence-corrected chi connectivity index (χ2v) is 4.38. The summed E-state index contributed by atoms with van der Waals surface area (Å²) >= 11 is 6.08. The van der Waals surface area contributed by atoms with Crippen molar-refractivity contribution >= 4 is 17.5 Å². The van der Waals surface area contributed by atoms with Crippen LogP contribution < -0.4 is 5.73 Å². The topological polar surface area (TPSA) is 43.1 Å². The van der Waals surface area contributed by atoms with Gasteiger partial charge in [0.1, 0.15) is 5.82 Å². The Hall–Kier alpha value is -1.87. The number of primary amides is 1. The van der Waals surface area contributed by atoms with E-state index in [1.807, 2.05) is 0 Å². The van der Waals surface area contributed by atoms with Crippen molar-refractivity contribution in [3.63, 3.8) is 0 Å². The van der Waals surface area contributed by atoms with E-state index in [1.165, 1.54) is 6.07 Å². The van der Waals surface area contributed by atoms with Gasteiger partial charge in [-0.05, 0) is 36.2 Å². The average Bonchev–Trinajstić information content (AvgIpc) is 2.32. The van der Waals surface area contributed by atoms with Crippen LogP contribution in [0.5, 0.6) is 0 Å². The predicted molar refractivity (Wildman–Crippen MR) is 70.1 cm³/mol. The molecule has 2 aromatic carbocycles. The third-order valence-corrected chi connectivity index (χ3v) is 3.13. The number of rotatable bonds is 2. The average molecular weight is 264 g/mol. The molecule has 0 aliphatic rings. The summed E-state index contributed by atoms with van der Waals surface area (Å²) in [6, 6.07) is 9.56. The fraction of sp³-hybridized carbons (Fsp3) is 0.0714. The fourth-order valence-electron chi connectivity index (χ4n) is 1.89. The van der Waals surface area contributed by atoms with Gasteiger partial charge in [0.05, 0.1) is 0 Å². The van der Waals surface area contributed by atoms with Crippen LogP contribution >= 0.6 is 11.6 Å². The molecule has 1 amide bonds. The summed E-state index contributed by atoms with van der Waals surface area (Å²) in [5.74, 6) is -1.16. The highest BCUT2D eigenvalue weighted by Gasteiger charge is 2.14. The second kappa shape index (κ2) is 4.78. The van der Waals surface area contributed by atoms with E-state index in [1.54, 1.807) is 31.2 Å². The summed E-state index contributed by atoms with van der Waals surface area (Å²) in [5.41, 5.74) is 7.28. The fourth-order valence-corrected chi connectivity index (χ4v) is 2.13. The van der Waals surface area contributed by atoms with Crippen molar-refractivity contribution in [1.82, 2.24) is 0 Å². The van der Waals surface area contributed by atoms with Crippen LogP contribution in [-0.2, 0) is 0 Å². The first-order valence-corrected chi connectivity index (χ1v) is 5.73. The van der Waals surface area contributed by atoms with Gasteiger partial charge in [-0.3, -0.25) is 4.79 Å². The summed E-state index contributed by atoms with van der Waals surface area (Å²) in [5, 5.41) is 0.502. The third-order valence-electron chi connectivity index (χ3n) is 2.80. The Morgan fingerprint density at radius 1 is 1.22 bits per heavy atom. The molecule has 0 unspecified atom stereocenters. The molecule has 4 heteroatoms. The normalized spacial score (nSPS) is 10.4. The number of amides is 1. The molecule has 0 aromatic heterocycles. The Morgan fingerprint density at radius 2 is 1.89 bits per heavy atom. The van der Waals surface area contributed by atoms with E-state index < -0.39 is 11.7 Å². The molecule has 2 aromatic rings. The molecule has 0 saturated carbocycles. The minimum absolute atomic E-state index is 0.171. The molecule has 92 valence electrons. The van der Waals surface area contributed by atoms with Gasteiger partial charge in [0.15, 0.2) is 0 Å². The Morgan fingerprint density at radius 3 is 2.50 bits per heavy atom. The highest BCUT2D eigenvalue weighted by molar-refractivity contribution is 6.33. The number of hydrogen-bond donors (Lipinski definition) is 1. The minimum atomic E-state index is -0.652. The van der Waals surface area contributed by atoms with Crippen molar-refractivity contribution in [2.45, 2.75) is 6.92 Å². The number of hydrogen-bond acceptors (Lipinski definition) is 1. The van der Waals surface area contributed by atoms with Crippen LogP contribution in [0.2, 0.25) is 5.02 Å². The summed E-state index contributed by atoms with van der Waals surface area (Å²) in [7, 11) is 0. The van der Waals surface area contributed by atoms with E-state index in [0.29, 0.717) is 21.7 Å². The van der Waals surface area contributed by atoms with Gasteiger partial charge in [-0.15, -0.1) is 0 Å². The van der Waals surface area contributed by atoms with Crippen LogP contribution in [0.3, 0.4) is 0 Å². The second-order valence-electron chi connectivity index (χ2n) is 3.97. The molecule has 0 aliphatic heterocycles. The van der Waals surface area contributed by atoms with Crippen molar-refractivity contribution in [1.29, 1.82) is 0 Å². The quantitative estimate of drug-likeness (QED) is 0.885. The van der Waals surface area contributed by atoms with Gasteiger partial charge in [-0.25, -0.2) is 4.39 Å². The van der Waals surface area contributed by atoms with E-state index >= 15 is 0 Å². The first kappa shape index (κ1) is 12.6. The maximum absolute atomic E-state index is 13.5. The van der Waals surface area contributed by atoms with Crippen LogP contribution in [0, 0.1) is 12.7 Å². The number of halogens is 2. The molecular formula is C14H11ClFNO. The first-order chi connectivity index (χ1) is 8.50. The molecule has 0 bridgehead atoms. The van der Waals surface area contributed by atoms with Gasteiger partial charge >= 0.3 is 0 Å². The van der Waals surface area contributed by atoms with Gasteiger partial charge in [-0.2, -0.15) is 0 Å². The van der Waals surface area contributed by atoms with E-state index in [-0.39, 0.29) is 5.56 Å². The molecule has 0 fully saturated rings. The maximum Gasteiger partial charge on any atom is 0.249 e. The SMILES string of the molecule is Cc1c(C(N)=O)cc(F)cc1-c1ccccc1Cl. The van der Waals surface area contributed by atoms with Gasteiger partial charge in [-0.1, -0.05) is 29.8 Å². The zero-order valence-electron chi connectivity index (χ0n) is 9.71. The number of carbonyl (C=O) groups excluding carboxylic acids is 1. The summed E-state index contributed by atoms with van der Waals surface area (Å²) in [6.07, 6.45) is 0. The monoisotopic (exact) mass is 263 g/mol. The summed E-state index contributed by atoms with van der Waals surface area (Å²) in [6.45, 7) is 1.72. The number of carbonyl (C=O) groups is 1. The molecule has 2 N–H and O–H groups in total. The Kier molecular flexibility index (Phi) is 3.34. The number of nitrogens with two attached hydrogens (primary N) is 1. The van der Waals surface area contributed by atoms with Crippen molar-refractivity contribution in [2.75, 3.05) is 0 Å². The standard InChI is InChI=1S/C14H11ClFNO/c1-8-11(10-4-2-3-5-13(10)15)6-9(16)7-12(8)14(17)18/h2-7H,1H3,(H2,17,18). The Balaban J connectivity index is 2.73. The van der Waals surface area contributed by atoms with Gasteiger partial charge in [0.2, 0.25) is 5.91 Å². The predicted octanol–water partition coefficient (Wildman–Crippen LogP) is 3.55. The molecule has 0 radical (unpaired) electrons. The maximum atomic E-state index is 13.5. The smallest absolute Gasteiger partial charge is 0.249 e. The minimum Gasteiger partial charge on any atom is -0.366 e. The van der Waals surface area contributed by atoms with Gasteiger partial charge in [0.25, 0.3) is 0 Å². The van der Waals surface area contributed by atoms with Crippen LogP contribution in [-0.4, -0.2) is 5.91 Å².